The van der Waals surface area contributed by atoms with Gasteiger partial charge in [-0.15, -0.1) is 0 Å². The Morgan fingerprint density at radius 3 is 2.57 bits per heavy atom. The second-order valence-electron chi connectivity index (χ2n) is 7.11. The zero-order chi connectivity index (χ0) is 19.2. The van der Waals surface area contributed by atoms with Crippen LogP contribution in [0, 0.1) is 0 Å². The molecule has 0 aliphatic carbocycles. The highest BCUT2D eigenvalue weighted by atomic mass is 16.2. The molecule has 0 saturated carbocycles. The normalized spacial score (nSPS) is 16.6. The molecule has 2 heterocycles. The van der Waals surface area contributed by atoms with Crippen molar-refractivity contribution in [2.75, 3.05) is 23.7 Å². The van der Waals surface area contributed by atoms with Crippen molar-refractivity contribution in [3.63, 3.8) is 0 Å². The number of nitrogens with one attached hydrogen (secondary N) is 2. The standard InChI is InChI=1S/C22H25N5O/c28-22(24-21-13-15-27(25-21)16-18-8-3-1-4-9-18)26-14-7-12-20(17-26)23-19-10-5-2-6-11-19/h1-6,8-11,13,15,20,23H,7,12,14,16-17H2,(H,24,25,28). The Labute approximate surface area is 165 Å². The Hall–Kier alpha value is -3.28. The predicted octanol–water partition coefficient (Wildman–Crippen LogP) is 4.04. The SMILES string of the molecule is O=C(Nc1ccn(Cc2ccccc2)n1)N1CCCC(Nc2ccccc2)C1. The summed E-state index contributed by atoms with van der Waals surface area (Å²) < 4.78 is 1.83. The molecule has 144 valence electrons. The number of aromatic nitrogens is 2. The van der Waals surface area contributed by atoms with E-state index in [9.17, 15) is 4.79 Å². The number of likely N-dealkylation sites (tertiary alicyclic amines) is 1. The summed E-state index contributed by atoms with van der Waals surface area (Å²) in [5.74, 6) is 0.582. The quantitative estimate of drug-likeness (QED) is 0.707. The molecule has 2 amide bonds. The molecule has 3 aromatic rings. The van der Waals surface area contributed by atoms with Crippen LogP contribution in [-0.2, 0) is 6.54 Å². The highest BCUT2D eigenvalue weighted by molar-refractivity contribution is 5.88. The van der Waals surface area contributed by atoms with Crippen LogP contribution in [0.1, 0.15) is 18.4 Å². The molecule has 1 aromatic heterocycles. The largest absolute Gasteiger partial charge is 0.381 e. The summed E-state index contributed by atoms with van der Waals surface area (Å²) in [5.41, 5.74) is 2.27. The Morgan fingerprint density at radius 2 is 1.79 bits per heavy atom. The van der Waals surface area contributed by atoms with Crippen molar-refractivity contribution < 1.29 is 4.79 Å². The predicted molar refractivity (Wildman–Crippen MR) is 111 cm³/mol. The third-order valence-corrected chi connectivity index (χ3v) is 4.92. The maximum atomic E-state index is 12.7. The molecule has 1 saturated heterocycles. The minimum absolute atomic E-state index is 0.0930. The van der Waals surface area contributed by atoms with Crippen molar-refractivity contribution in [2.24, 2.45) is 0 Å². The van der Waals surface area contributed by atoms with Crippen molar-refractivity contribution in [1.82, 2.24) is 14.7 Å². The molecule has 0 bridgehead atoms. The average molecular weight is 375 g/mol. The third-order valence-electron chi connectivity index (χ3n) is 4.92. The van der Waals surface area contributed by atoms with Crippen LogP contribution in [0.25, 0.3) is 0 Å². The molecule has 4 rings (SSSR count). The number of carbonyl (C=O) groups is 1. The Bertz CT molecular complexity index is 894. The number of hydrogen-bond acceptors (Lipinski definition) is 3. The smallest absolute Gasteiger partial charge is 0.323 e. The fraction of sp³-hybridized carbons (Fsp3) is 0.273. The summed E-state index contributed by atoms with van der Waals surface area (Å²) in [6.45, 7) is 2.14. The molecule has 1 fully saturated rings. The van der Waals surface area contributed by atoms with Crippen LogP contribution in [0.5, 0.6) is 0 Å². The number of carbonyl (C=O) groups excluding carboxylic acids is 1. The van der Waals surface area contributed by atoms with E-state index in [0.29, 0.717) is 18.9 Å². The topological polar surface area (TPSA) is 62.2 Å². The molecule has 2 N–H and O–H groups in total. The number of para-hydroxylation sites is 1. The van der Waals surface area contributed by atoms with E-state index in [1.54, 1.807) is 0 Å². The summed E-state index contributed by atoms with van der Waals surface area (Å²) in [6.07, 6.45) is 3.93. The van der Waals surface area contributed by atoms with Gasteiger partial charge in [0, 0.05) is 37.1 Å². The highest BCUT2D eigenvalue weighted by Crippen LogP contribution is 2.17. The lowest BCUT2D eigenvalue weighted by Crippen LogP contribution is -2.46. The molecule has 1 atom stereocenters. The second kappa shape index (κ2) is 8.61. The van der Waals surface area contributed by atoms with Gasteiger partial charge in [0.1, 0.15) is 0 Å². The lowest BCUT2D eigenvalue weighted by Gasteiger charge is -2.33. The number of rotatable bonds is 5. The van der Waals surface area contributed by atoms with E-state index in [1.807, 2.05) is 58.2 Å². The van der Waals surface area contributed by atoms with Gasteiger partial charge < -0.3 is 10.2 Å². The first-order valence-electron chi connectivity index (χ1n) is 9.71. The fourth-order valence-electron chi connectivity index (χ4n) is 3.53. The number of benzene rings is 2. The van der Waals surface area contributed by atoms with Crippen LogP contribution in [0.4, 0.5) is 16.3 Å². The van der Waals surface area contributed by atoms with Crippen LogP contribution >= 0.6 is 0 Å². The first kappa shape index (κ1) is 18.1. The maximum Gasteiger partial charge on any atom is 0.323 e. The molecule has 28 heavy (non-hydrogen) atoms. The molecular weight excluding hydrogens is 350 g/mol. The van der Waals surface area contributed by atoms with Gasteiger partial charge in [0.25, 0.3) is 0 Å². The van der Waals surface area contributed by atoms with E-state index in [2.05, 4.69) is 40.0 Å². The van der Waals surface area contributed by atoms with Gasteiger partial charge in [-0.05, 0) is 30.5 Å². The van der Waals surface area contributed by atoms with Gasteiger partial charge in [0.15, 0.2) is 5.82 Å². The molecular formula is C22H25N5O. The summed E-state index contributed by atoms with van der Waals surface area (Å²) in [6, 6.07) is 22.3. The van der Waals surface area contributed by atoms with E-state index >= 15 is 0 Å². The Kier molecular flexibility index (Phi) is 5.56. The van der Waals surface area contributed by atoms with Crippen LogP contribution in [0.15, 0.2) is 72.9 Å². The molecule has 1 aliphatic heterocycles. The van der Waals surface area contributed by atoms with Gasteiger partial charge in [-0.2, -0.15) is 5.10 Å². The van der Waals surface area contributed by atoms with E-state index in [-0.39, 0.29) is 12.1 Å². The van der Waals surface area contributed by atoms with Crippen molar-refractivity contribution >= 4 is 17.5 Å². The first-order chi connectivity index (χ1) is 13.8. The summed E-state index contributed by atoms with van der Waals surface area (Å²) in [7, 11) is 0. The number of piperidine rings is 1. The van der Waals surface area contributed by atoms with Crippen molar-refractivity contribution in [3.05, 3.63) is 78.5 Å². The molecule has 1 unspecified atom stereocenters. The van der Waals surface area contributed by atoms with E-state index in [1.165, 1.54) is 5.56 Å². The van der Waals surface area contributed by atoms with Crippen molar-refractivity contribution in [1.29, 1.82) is 0 Å². The summed E-state index contributed by atoms with van der Waals surface area (Å²) in [4.78, 5) is 14.5. The number of nitrogens with zero attached hydrogens (tertiary/aromatic N) is 3. The van der Waals surface area contributed by atoms with Gasteiger partial charge in [-0.25, -0.2) is 4.79 Å². The average Bonchev–Trinajstić information content (AvgIpc) is 3.16. The highest BCUT2D eigenvalue weighted by Gasteiger charge is 2.24. The number of hydrogen-bond donors (Lipinski definition) is 2. The molecule has 1 aliphatic rings. The van der Waals surface area contributed by atoms with E-state index in [4.69, 9.17) is 0 Å². The minimum atomic E-state index is -0.0930. The van der Waals surface area contributed by atoms with E-state index < -0.39 is 0 Å². The third kappa shape index (κ3) is 4.71. The number of amides is 2. The maximum absolute atomic E-state index is 12.7. The second-order valence-corrected chi connectivity index (χ2v) is 7.11. The summed E-state index contributed by atoms with van der Waals surface area (Å²) in [5, 5.41) is 10.9. The van der Waals surface area contributed by atoms with Gasteiger partial charge in [-0.3, -0.25) is 10.00 Å². The van der Waals surface area contributed by atoms with Gasteiger partial charge in [-0.1, -0.05) is 48.5 Å². The zero-order valence-corrected chi connectivity index (χ0v) is 15.8. The van der Waals surface area contributed by atoms with Gasteiger partial charge >= 0.3 is 6.03 Å². The molecule has 0 spiro atoms. The number of anilines is 2. The molecule has 0 radical (unpaired) electrons. The lowest BCUT2D eigenvalue weighted by molar-refractivity contribution is 0.196. The fourth-order valence-corrected chi connectivity index (χ4v) is 3.53. The van der Waals surface area contributed by atoms with Crippen LogP contribution < -0.4 is 10.6 Å². The lowest BCUT2D eigenvalue weighted by atomic mass is 10.1. The molecule has 6 heteroatoms. The van der Waals surface area contributed by atoms with E-state index in [0.717, 1.165) is 25.1 Å². The van der Waals surface area contributed by atoms with Crippen molar-refractivity contribution in [2.45, 2.75) is 25.4 Å². The number of urea groups is 1. The van der Waals surface area contributed by atoms with Crippen LogP contribution in [0.2, 0.25) is 0 Å². The Balaban J connectivity index is 1.32. The molecule has 2 aromatic carbocycles. The monoisotopic (exact) mass is 375 g/mol. The first-order valence-corrected chi connectivity index (χ1v) is 9.71. The summed E-state index contributed by atoms with van der Waals surface area (Å²) >= 11 is 0. The van der Waals surface area contributed by atoms with Crippen molar-refractivity contribution in [3.8, 4) is 0 Å². The molecule has 6 nitrogen and oxygen atoms in total. The van der Waals surface area contributed by atoms with Crippen LogP contribution in [-0.4, -0.2) is 39.8 Å². The zero-order valence-electron chi connectivity index (χ0n) is 15.8. The van der Waals surface area contributed by atoms with Crippen LogP contribution in [0.3, 0.4) is 0 Å². The Morgan fingerprint density at radius 1 is 1.04 bits per heavy atom. The van der Waals surface area contributed by atoms with Gasteiger partial charge in [0.2, 0.25) is 0 Å². The minimum Gasteiger partial charge on any atom is -0.381 e. The van der Waals surface area contributed by atoms with Gasteiger partial charge in [0.05, 0.1) is 6.54 Å².